The van der Waals surface area contributed by atoms with Crippen molar-refractivity contribution in [2.75, 3.05) is 18.9 Å². The highest BCUT2D eigenvalue weighted by atomic mass is 79.9. The molecule has 0 aromatic carbocycles. The minimum absolute atomic E-state index is 0.192. The van der Waals surface area contributed by atoms with Crippen molar-refractivity contribution < 1.29 is 4.79 Å². The van der Waals surface area contributed by atoms with E-state index in [0.717, 1.165) is 30.8 Å². The third-order valence-corrected chi connectivity index (χ3v) is 3.76. The Bertz CT molecular complexity index is 219. The summed E-state index contributed by atoms with van der Waals surface area (Å²) >= 11 is 3.37. The zero-order chi connectivity index (χ0) is 12.0. The first-order chi connectivity index (χ1) is 7.65. The standard InChI is InChI=1S/C12H23BrN2O/c1-10(15(2)11-6-7-11)9-14-12(16)5-3-4-8-13/h10-11H,3-9H2,1-2H3,(H,14,16). The van der Waals surface area contributed by atoms with Crippen molar-refractivity contribution in [2.24, 2.45) is 0 Å². The number of alkyl halides is 1. The van der Waals surface area contributed by atoms with Crippen LogP contribution in [0, 0.1) is 0 Å². The Morgan fingerprint density at radius 2 is 2.19 bits per heavy atom. The summed E-state index contributed by atoms with van der Waals surface area (Å²) in [5.74, 6) is 0.192. The quantitative estimate of drug-likeness (QED) is 0.549. The Morgan fingerprint density at radius 3 is 2.75 bits per heavy atom. The number of unbranched alkanes of at least 4 members (excludes halogenated alkanes) is 1. The van der Waals surface area contributed by atoms with Crippen molar-refractivity contribution in [1.82, 2.24) is 10.2 Å². The molecule has 0 aromatic heterocycles. The second-order valence-corrected chi connectivity index (χ2v) is 5.49. The molecule has 94 valence electrons. The zero-order valence-electron chi connectivity index (χ0n) is 10.3. The molecule has 0 heterocycles. The van der Waals surface area contributed by atoms with Gasteiger partial charge in [0.15, 0.2) is 0 Å². The normalized spacial score (nSPS) is 17.5. The minimum atomic E-state index is 0.192. The van der Waals surface area contributed by atoms with Gasteiger partial charge in [0.25, 0.3) is 0 Å². The fourth-order valence-electron chi connectivity index (χ4n) is 1.72. The average molecular weight is 291 g/mol. The summed E-state index contributed by atoms with van der Waals surface area (Å²) in [6.07, 6.45) is 5.35. The van der Waals surface area contributed by atoms with Gasteiger partial charge in [-0.2, -0.15) is 0 Å². The van der Waals surface area contributed by atoms with Crippen LogP contribution in [-0.2, 0) is 4.79 Å². The van der Waals surface area contributed by atoms with E-state index in [1.807, 2.05) is 0 Å². The van der Waals surface area contributed by atoms with Crippen LogP contribution in [0.5, 0.6) is 0 Å². The van der Waals surface area contributed by atoms with Crippen molar-refractivity contribution in [3.8, 4) is 0 Å². The lowest BCUT2D eigenvalue weighted by molar-refractivity contribution is -0.121. The monoisotopic (exact) mass is 290 g/mol. The van der Waals surface area contributed by atoms with Crippen LogP contribution in [0.4, 0.5) is 0 Å². The summed E-state index contributed by atoms with van der Waals surface area (Å²) in [5, 5.41) is 4.00. The van der Waals surface area contributed by atoms with Gasteiger partial charge in [-0.1, -0.05) is 15.9 Å². The lowest BCUT2D eigenvalue weighted by Crippen LogP contribution is -2.41. The summed E-state index contributed by atoms with van der Waals surface area (Å²) in [7, 11) is 2.15. The van der Waals surface area contributed by atoms with E-state index in [0.29, 0.717) is 12.5 Å². The average Bonchev–Trinajstić information content (AvgIpc) is 3.09. The molecule has 1 aliphatic carbocycles. The molecule has 1 rings (SSSR count). The smallest absolute Gasteiger partial charge is 0.220 e. The highest BCUT2D eigenvalue weighted by molar-refractivity contribution is 9.09. The maximum absolute atomic E-state index is 11.5. The van der Waals surface area contributed by atoms with E-state index in [2.05, 4.69) is 40.1 Å². The summed E-state index contributed by atoms with van der Waals surface area (Å²) < 4.78 is 0. The molecule has 1 saturated carbocycles. The van der Waals surface area contributed by atoms with Gasteiger partial charge in [-0.05, 0) is 39.7 Å². The number of halogens is 1. The number of likely N-dealkylation sites (N-methyl/N-ethyl adjacent to an activating group) is 1. The Labute approximate surface area is 107 Å². The molecule has 16 heavy (non-hydrogen) atoms. The van der Waals surface area contributed by atoms with Crippen molar-refractivity contribution >= 4 is 21.8 Å². The number of nitrogens with one attached hydrogen (secondary N) is 1. The van der Waals surface area contributed by atoms with Crippen molar-refractivity contribution in [3.63, 3.8) is 0 Å². The molecular formula is C12H23BrN2O. The highest BCUT2D eigenvalue weighted by Crippen LogP contribution is 2.26. The van der Waals surface area contributed by atoms with Gasteiger partial charge >= 0.3 is 0 Å². The molecule has 1 aliphatic rings. The maximum Gasteiger partial charge on any atom is 0.220 e. The van der Waals surface area contributed by atoms with E-state index in [-0.39, 0.29) is 5.91 Å². The highest BCUT2D eigenvalue weighted by Gasteiger charge is 2.28. The number of hydrogen-bond donors (Lipinski definition) is 1. The summed E-state index contributed by atoms with van der Waals surface area (Å²) in [4.78, 5) is 13.9. The maximum atomic E-state index is 11.5. The second kappa shape index (κ2) is 7.28. The van der Waals surface area contributed by atoms with Gasteiger partial charge in [-0.3, -0.25) is 9.69 Å². The zero-order valence-corrected chi connectivity index (χ0v) is 11.9. The van der Waals surface area contributed by atoms with Crippen LogP contribution in [0.1, 0.15) is 39.0 Å². The molecule has 0 bridgehead atoms. The fraction of sp³-hybridized carbons (Fsp3) is 0.917. The number of carbonyl (C=O) groups excluding carboxylic acids is 1. The van der Waals surface area contributed by atoms with Crippen LogP contribution in [0.3, 0.4) is 0 Å². The molecule has 1 unspecified atom stereocenters. The number of rotatable bonds is 8. The van der Waals surface area contributed by atoms with Crippen molar-refractivity contribution in [3.05, 3.63) is 0 Å². The third-order valence-electron chi connectivity index (χ3n) is 3.20. The predicted octanol–water partition coefficient (Wildman–Crippen LogP) is 2.15. The van der Waals surface area contributed by atoms with E-state index in [1.54, 1.807) is 0 Å². The van der Waals surface area contributed by atoms with Gasteiger partial charge < -0.3 is 5.32 Å². The summed E-state index contributed by atoms with van der Waals surface area (Å²) in [6, 6.07) is 1.22. The van der Waals surface area contributed by atoms with Gasteiger partial charge in [-0.25, -0.2) is 0 Å². The summed E-state index contributed by atoms with van der Waals surface area (Å²) in [5.41, 5.74) is 0. The van der Waals surface area contributed by atoms with E-state index in [9.17, 15) is 4.79 Å². The first-order valence-corrected chi connectivity index (χ1v) is 7.32. The fourth-order valence-corrected chi connectivity index (χ4v) is 2.11. The van der Waals surface area contributed by atoms with Gasteiger partial charge in [-0.15, -0.1) is 0 Å². The molecule has 1 atom stereocenters. The molecule has 3 nitrogen and oxygen atoms in total. The lowest BCUT2D eigenvalue weighted by atomic mass is 10.2. The van der Waals surface area contributed by atoms with Crippen LogP contribution >= 0.6 is 15.9 Å². The lowest BCUT2D eigenvalue weighted by Gasteiger charge is -2.24. The van der Waals surface area contributed by atoms with E-state index < -0.39 is 0 Å². The molecule has 4 heteroatoms. The SMILES string of the molecule is CC(CNC(=O)CCCCBr)N(C)C1CC1. The second-order valence-electron chi connectivity index (χ2n) is 4.70. The number of nitrogens with zero attached hydrogens (tertiary/aromatic N) is 1. The molecule has 1 amide bonds. The first kappa shape index (κ1) is 14.0. The third kappa shape index (κ3) is 5.30. The van der Waals surface area contributed by atoms with Crippen LogP contribution < -0.4 is 5.32 Å². The van der Waals surface area contributed by atoms with Crippen LogP contribution in [-0.4, -0.2) is 41.8 Å². The van der Waals surface area contributed by atoms with Crippen LogP contribution in [0.25, 0.3) is 0 Å². The molecule has 1 N–H and O–H groups in total. The molecule has 1 fully saturated rings. The number of carbonyl (C=O) groups is 1. The van der Waals surface area contributed by atoms with Crippen molar-refractivity contribution in [1.29, 1.82) is 0 Å². The van der Waals surface area contributed by atoms with E-state index >= 15 is 0 Å². The predicted molar refractivity (Wildman–Crippen MR) is 70.9 cm³/mol. The van der Waals surface area contributed by atoms with Crippen LogP contribution in [0.2, 0.25) is 0 Å². The minimum Gasteiger partial charge on any atom is -0.355 e. The Morgan fingerprint density at radius 1 is 1.50 bits per heavy atom. The van der Waals surface area contributed by atoms with Crippen molar-refractivity contribution in [2.45, 2.75) is 51.1 Å². The topological polar surface area (TPSA) is 32.3 Å². The Hall–Kier alpha value is -0.0900. The molecule has 0 spiro atoms. The number of amides is 1. The molecule has 0 saturated heterocycles. The molecule has 0 aliphatic heterocycles. The molecular weight excluding hydrogens is 268 g/mol. The Balaban J connectivity index is 2.05. The Kier molecular flexibility index (Phi) is 6.36. The first-order valence-electron chi connectivity index (χ1n) is 6.19. The van der Waals surface area contributed by atoms with Crippen LogP contribution in [0.15, 0.2) is 0 Å². The summed E-state index contributed by atoms with van der Waals surface area (Å²) in [6.45, 7) is 2.96. The molecule has 0 aromatic rings. The van der Waals surface area contributed by atoms with E-state index in [4.69, 9.17) is 0 Å². The molecule has 0 radical (unpaired) electrons. The van der Waals surface area contributed by atoms with Gasteiger partial charge in [0.1, 0.15) is 0 Å². The van der Waals surface area contributed by atoms with Gasteiger partial charge in [0.2, 0.25) is 5.91 Å². The van der Waals surface area contributed by atoms with Gasteiger partial charge in [0.05, 0.1) is 0 Å². The number of hydrogen-bond acceptors (Lipinski definition) is 2. The largest absolute Gasteiger partial charge is 0.355 e. The van der Waals surface area contributed by atoms with E-state index in [1.165, 1.54) is 12.8 Å². The van der Waals surface area contributed by atoms with Gasteiger partial charge in [0, 0.05) is 30.4 Å².